The van der Waals surface area contributed by atoms with Crippen LogP contribution in [0.25, 0.3) is 6.08 Å². The van der Waals surface area contributed by atoms with Gasteiger partial charge in [0.05, 0.1) is 19.8 Å². The molecule has 1 aliphatic heterocycles. The van der Waals surface area contributed by atoms with E-state index in [1.165, 1.54) is 34.3 Å². The standard InChI is InChI=1S/C25H28O3/c1-3-26-21-12-8-18(9-13-21)16-20-6-5-7-23-24(20)17-28-25(23)19-10-14-22(15-11-19)27-4-2/h8-16,25H,3-7,17H2,1-2H3/b20-16-/t25-/m0/s1. The molecule has 0 spiro atoms. The molecular weight excluding hydrogens is 348 g/mol. The van der Waals surface area contributed by atoms with Gasteiger partial charge in [-0.3, -0.25) is 0 Å². The number of rotatable bonds is 6. The first-order chi connectivity index (χ1) is 13.8. The lowest BCUT2D eigenvalue weighted by molar-refractivity contribution is 0.120. The van der Waals surface area contributed by atoms with Crippen molar-refractivity contribution in [2.24, 2.45) is 0 Å². The van der Waals surface area contributed by atoms with E-state index >= 15 is 0 Å². The average Bonchev–Trinajstić information content (AvgIpc) is 3.16. The molecule has 3 nitrogen and oxygen atoms in total. The summed E-state index contributed by atoms with van der Waals surface area (Å²) in [5.41, 5.74) is 6.71. The molecule has 0 N–H and O–H groups in total. The highest BCUT2D eigenvalue weighted by Gasteiger charge is 2.31. The van der Waals surface area contributed by atoms with Gasteiger partial charge in [-0.15, -0.1) is 0 Å². The zero-order chi connectivity index (χ0) is 19.3. The molecule has 2 aromatic rings. The molecule has 1 aliphatic carbocycles. The quantitative estimate of drug-likeness (QED) is 0.608. The Labute approximate surface area is 167 Å². The van der Waals surface area contributed by atoms with E-state index in [-0.39, 0.29) is 6.10 Å². The molecule has 0 unspecified atom stereocenters. The zero-order valence-electron chi connectivity index (χ0n) is 16.7. The van der Waals surface area contributed by atoms with Crippen LogP contribution < -0.4 is 9.47 Å². The first kappa shape index (κ1) is 18.8. The van der Waals surface area contributed by atoms with Crippen molar-refractivity contribution in [3.63, 3.8) is 0 Å². The first-order valence-corrected chi connectivity index (χ1v) is 10.3. The van der Waals surface area contributed by atoms with Gasteiger partial charge < -0.3 is 14.2 Å². The number of ether oxygens (including phenoxy) is 3. The first-order valence-electron chi connectivity index (χ1n) is 10.3. The van der Waals surface area contributed by atoms with Gasteiger partial charge in [-0.05, 0) is 85.2 Å². The highest BCUT2D eigenvalue weighted by Crippen LogP contribution is 2.44. The summed E-state index contributed by atoms with van der Waals surface area (Å²) in [7, 11) is 0. The lowest BCUT2D eigenvalue weighted by atomic mass is 9.84. The van der Waals surface area contributed by atoms with E-state index in [0.717, 1.165) is 24.3 Å². The van der Waals surface area contributed by atoms with Crippen LogP contribution in [-0.2, 0) is 4.74 Å². The maximum absolute atomic E-state index is 6.23. The van der Waals surface area contributed by atoms with Crippen LogP contribution in [0.15, 0.2) is 65.3 Å². The Morgan fingerprint density at radius 3 is 2.18 bits per heavy atom. The van der Waals surface area contributed by atoms with Crippen LogP contribution in [0.3, 0.4) is 0 Å². The molecule has 0 bridgehead atoms. The van der Waals surface area contributed by atoms with Crippen molar-refractivity contribution in [2.75, 3.05) is 19.8 Å². The highest BCUT2D eigenvalue weighted by molar-refractivity contribution is 5.62. The Hall–Kier alpha value is -2.52. The van der Waals surface area contributed by atoms with Crippen molar-refractivity contribution in [1.29, 1.82) is 0 Å². The van der Waals surface area contributed by atoms with Crippen molar-refractivity contribution < 1.29 is 14.2 Å². The molecule has 0 aromatic heterocycles. The van der Waals surface area contributed by atoms with Crippen LogP contribution in [0.4, 0.5) is 0 Å². The van der Waals surface area contributed by atoms with Crippen LogP contribution in [0.1, 0.15) is 50.3 Å². The predicted octanol–water partition coefficient (Wildman–Crippen LogP) is 6.12. The van der Waals surface area contributed by atoms with E-state index in [2.05, 4.69) is 30.3 Å². The van der Waals surface area contributed by atoms with Gasteiger partial charge in [0.1, 0.15) is 17.6 Å². The summed E-state index contributed by atoms with van der Waals surface area (Å²) < 4.78 is 17.3. The monoisotopic (exact) mass is 376 g/mol. The molecule has 0 fully saturated rings. The van der Waals surface area contributed by atoms with Crippen molar-refractivity contribution in [1.82, 2.24) is 0 Å². The molecule has 0 saturated heterocycles. The second kappa shape index (κ2) is 8.66. The second-order valence-corrected chi connectivity index (χ2v) is 7.22. The Bertz CT molecular complexity index is 860. The topological polar surface area (TPSA) is 27.7 Å². The fourth-order valence-corrected chi connectivity index (χ4v) is 4.11. The van der Waals surface area contributed by atoms with Gasteiger partial charge in [0.2, 0.25) is 0 Å². The summed E-state index contributed by atoms with van der Waals surface area (Å²) >= 11 is 0. The van der Waals surface area contributed by atoms with E-state index in [1.54, 1.807) is 0 Å². The van der Waals surface area contributed by atoms with Gasteiger partial charge in [0.25, 0.3) is 0 Å². The minimum Gasteiger partial charge on any atom is -0.494 e. The summed E-state index contributed by atoms with van der Waals surface area (Å²) in [5, 5.41) is 0. The van der Waals surface area contributed by atoms with E-state index in [9.17, 15) is 0 Å². The fourth-order valence-electron chi connectivity index (χ4n) is 4.11. The van der Waals surface area contributed by atoms with Gasteiger partial charge >= 0.3 is 0 Å². The minimum absolute atomic E-state index is 0.0784. The van der Waals surface area contributed by atoms with Crippen LogP contribution in [0, 0.1) is 0 Å². The normalized spacial score (nSPS) is 20.4. The molecule has 4 rings (SSSR count). The molecule has 0 amide bonds. The van der Waals surface area contributed by atoms with Crippen molar-refractivity contribution in [2.45, 2.75) is 39.2 Å². The van der Waals surface area contributed by atoms with Crippen molar-refractivity contribution >= 4 is 6.08 Å². The molecule has 0 saturated carbocycles. The van der Waals surface area contributed by atoms with E-state index in [4.69, 9.17) is 14.2 Å². The molecule has 1 atom stereocenters. The maximum atomic E-state index is 6.23. The lowest BCUT2D eigenvalue weighted by Crippen LogP contribution is -2.05. The summed E-state index contributed by atoms with van der Waals surface area (Å²) in [5.74, 6) is 1.84. The molecule has 0 radical (unpaired) electrons. The smallest absolute Gasteiger partial charge is 0.119 e. The number of hydrogen-bond acceptors (Lipinski definition) is 3. The summed E-state index contributed by atoms with van der Waals surface area (Å²) in [6.07, 6.45) is 5.81. The Kier molecular flexibility index (Phi) is 5.82. The molecule has 2 aromatic carbocycles. The van der Waals surface area contributed by atoms with Crippen LogP contribution >= 0.6 is 0 Å². The molecule has 2 aliphatic rings. The van der Waals surface area contributed by atoms with E-state index < -0.39 is 0 Å². The van der Waals surface area contributed by atoms with Gasteiger partial charge in [0, 0.05) is 0 Å². The van der Waals surface area contributed by atoms with Crippen molar-refractivity contribution in [3.05, 3.63) is 76.4 Å². The van der Waals surface area contributed by atoms with Gasteiger partial charge in [-0.1, -0.05) is 30.3 Å². The second-order valence-electron chi connectivity index (χ2n) is 7.22. The zero-order valence-corrected chi connectivity index (χ0v) is 16.7. The summed E-state index contributed by atoms with van der Waals surface area (Å²) in [6, 6.07) is 16.7. The van der Waals surface area contributed by atoms with E-state index in [0.29, 0.717) is 19.8 Å². The highest BCUT2D eigenvalue weighted by atomic mass is 16.5. The van der Waals surface area contributed by atoms with Crippen molar-refractivity contribution in [3.8, 4) is 11.5 Å². The molecular formula is C25H28O3. The minimum atomic E-state index is 0.0784. The molecule has 28 heavy (non-hydrogen) atoms. The third kappa shape index (κ3) is 4.00. The number of hydrogen-bond donors (Lipinski definition) is 0. The van der Waals surface area contributed by atoms with Gasteiger partial charge in [-0.2, -0.15) is 0 Å². The summed E-state index contributed by atoms with van der Waals surface area (Å²) in [6.45, 7) is 6.10. The Morgan fingerprint density at radius 1 is 0.893 bits per heavy atom. The number of benzene rings is 2. The molecule has 3 heteroatoms. The third-order valence-electron chi connectivity index (χ3n) is 5.40. The Morgan fingerprint density at radius 2 is 1.54 bits per heavy atom. The van der Waals surface area contributed by atoms with Crippen LogP contribution in [0.5, 0.6) is 11.5 Å². The third-order valence-corrected chi connectivity index (χ3v) is 5.40. The summed E-state index contributed by atoms with van der Waals surface area (Å²) in [4.78, 5) is 0. The SMILES string of the molecule is CCOc1ccc(/C=C2/CCCC3=C2CO[C@H]3c2ccc(OCC)cc2)cc1. The fraction of sp³-hybridized carbons (Fsp3) is 0.360. The Balaban J connectivity index is 1.57. The predicted molar refractivity (Wildman–Crippen MR) is 113 cm³/mol. The van der Waals surface area contributed by atoms with Crippen LogP contribution in [-0.4, -0.2) is 19.8 Å². The van der Waals surface area contributed by atoms with E-state index in [1.807, 2.05) is 38.1 Å². The van der Waals surface area contributed by atoms with Crippen LogP contribution in [0.2, 0.25) is 0 Å². The largest absolute Gasteiger partial charge is 0.494 e. The van der Waals surface area contributed by atoms with Gasteiger partial charge in [-0.25, -0.2) is 0 Å². The average molecular weight is 376 g/mol. The molecule has 1 heterocycles. The lowest BCUT2D eigenvalue weighted by Gasteiger charge is -2.20. The van der Waals surface area contributed by atoms with Gasteiger partial charge in [0.15, 0.2) is 0 Å². The maximum Gasteiger partial charge on any atom is 0.119 e. The molecule has 146 valence electrons.